The van der Waals surface area contributed by atoms with E-state index in [1.807, 2.05) is 20.8 Å². The lowest BCUT2D eigenvalue weighted by molar-refractivity contribution is -0.0232. The molecule has 1 saturated heterocycles. The Hall–Kier alpha value is -0.935. The van der Waals surface area contributed by atoms with Gasteiger partial charge in [-0.05, 0) is 33.3 Å². The molecular weight excluding hydrogens is 208 g/mol. The van der Waals surface area contributed by atoms with E-state index in [4.69, 9.17) is 9.31 Å². The monoisotopic (exact) mass is 223 g/mol. The second-order valence-corrected chi connectivity index (χ2v) is 4.76. The fourth-order valence-corrected chi connectivity index (χ4v) is 2.02. The molecule has 2 heterocycles. The van der Waals surface area contributed by atoms with Crippen molar-refractivity contribution in [2.45, 2.75) is 38.9 Å². The average Bonchev–Trinajstić information content (AvgIpc) is 2.15. The highest BCUT2D eigenvalue weighted by molar-refractivity contribution is 6.61. The highest BCUT2D eigenvalue weighted by Crippen LogP contribution is 2.25. The van der Waals surface area contributed by atoms with Crippen LogP contribution in [0.4, 0.5) is 4.39 Å². The van der Waals surface area contributed by atoms with Crippen molar-refractivity contribution in [1.82, 2.24) is 4.98 Å². The minimum absolute atomic E-state index is 0.0494. The second kappa shape index (κ2) is 4.15. The maximum absolute atomic E-state index is 13.6. The van der Waals surface area contributed by atoms with Crippen molar-refractivity contribution in [1.29, 1.82) is 0 Å². The number of rotatable bonds is 1. The van der Waals surface area contributed by atoms with Crippen molar-refractivity contribution in [3.05, 3.63) is 24.3 Å². The lowest BCUT2D eigenvalue weighted by Crippen LogP contribution is -2.52. The van der Waals surface area contributed by atoms with E-state index < -0.39 is 7.12 Å². The van der Waals surface area contributed by atoms with Gasteiger partial charge >= 0.3 is 7.12 Å². The summed E-state index contributed by atoms with van der Waals surface area (Å²) in [6.45, 7) is 5.92. The summed E-state index contributed by atoms with van der Waals surface area (Å²) in [6.07, 6.45) is 3.71. The molecule has 0 aliphatic carbocycles. The molecule has 0 aromatic carbocycles. The molecule has 1 atom stereocenters. The van der Waals surface area contributed by atoms with Crippen molar-refractivity contribution in [2.24, 2.45) is 0 Å². The molecule has 0 N–H and O–H groups in total. The summed E-state index contributed by atoms with van der Waals surface area (Å²) in [6, 6.07) is 1.31. The van der Waals surface area contributed by atoms with E-state index in [0.717, 1.165) is 6.42 Å². The molecule has 1 aromatic rings. The molecule has 2 rings (SSSR count). The Morgan fingerprint density at radius 1 is 1.56 bits per heavy atom. The third-order valence-electron chi connectivity index (χ3n) is 2.61. The fraction of sp³-hybridized carbons (Fsp3) is 0.545. The van der Waals surface area contributed by atoms with Gasteiger partial charge < -0.3 is 9.31 Å². The first-order valence-electron chi connectivity index (χ1n) is 5.41. The molecule has 1 fully saturated rings. The van der Waals surface area contributed by atoms with Gasteiger partial charge in [0.25, 0.3) is 0 Å². The highest BCUT2D eigenvalue weighted by atomic mass is 19.1. The van der Waals surface area contributed by atoms with Gasteiger partial charge in [-0.25, -0.2) is 4.39 Å². The maximum Gasteiger partial charge on any atom is 0.499 e. The molecule has 3 nitrogen and oxygen atoms in total. The molecule has 0 amide bonds. The Balaban J connectivity index is 2.25. The minimum Gasteiger partial charge on any atom is -0.405 e. The van der Waals surface area contributed by atoms with Crippen molar-refractivity contribution < 1.29 is 13.7 Å². The summed E-state index contributed by atoms with van der Waals surface area (Å²) < 4.78 is 24.8. The van der Waals surface area contributed by atoms with Gasteiger partial charge in [-0.15, -0.1) is 0 Å². The van der Waals surface area contributed by atoms with Gasteiger partial charge in [-0.3, -0.25) is 4.98 Å². The first-order valence-corrected chi connectivity index (χ1v) is 5.41. The van der Waals surface area contributed by atoms with Crippen molar-refractivity contribution >= 4 is 12.6 Å². The molecule has 16 heavy (non-hydrogen) atoms. The van der Waals surface area contributed by atoms with Crippen LogP contribution in [0.5, 0.6) is 0 Å². The Bertz CT molecular complexity index is 386. The molecule has 0 spiro atoms. The van der Waals surface area contributed by atoms with Gasteiger partial charge in [0.1, 0.15) is 5.82 Å². The third kappa shape index (κ3) is 2.41. The molecule has 0 radical (unpaired) electrons. The number of hydrogen-bond donors (Lipinski definition) is 0. The van der Waals surface area contributed by atoms with Crippen LogP contribution in [0, 0.1) is 5.82 Å². The van der Waals surface area contributed by atoms with E-state index in [2.05, 4.69) is 4.98 Å². The number of pyridine rings is 1. The SMILES string of the molecule is CC1CC(C)(C)OB(c2cnccc2F)O1. The molecule has 1 unspecified atom stereocenters. The first kappa shape index (κ1) is 11.5. The van der Waals surface area contributed by atoms with Crippen LogP contribution < -0.4 is 5.46 Å². The second-order valence-electron chi connectivity index (χ2n) is 4.76. The normalized spacial score (nSPS) is 24.5. The van der Waals surface area contributed by atoms with Crippen LogP contribution in [-0.4, -0.2) is 23.8 Å². The number of aromatic nitrogens is 1. The van der Waals surface area contributed by atoms with Gasteiger partial charge in [0, 0.05) is 24.0 Å². The van der Waals surface area contributed by atoms with Crippen LogP contribution in [-0.2, 0) is 9.31 Å². The molecule has 5 heteroatoms. The zero-order valence-corrected chi connectivity index (χ0v) is 9.74. The molecular formula is C11H15BFNO2. The molecule has 1 aliphatic rings. The summed E-state index contributed by atoms with van der Waals surface area (Å²) in [7, 11) is -0.660. The quantitative estimate of drug-likeness (QED) is 0.676. The van der Waals surface area contributed by atoms with Gasteiger partial charge in [-0.2, -0.15) is 0 Å². The topological polar surface area (TPSA) is 31.4 Å². The van der Waals surface area contributed by atoms with Crippen LogP contribution >= 0.6 is 0 Å². The number of hydrogen-bond acceptors (Lipinski definition) is 3. The van der Waals surface area contributed by atoms with Crippen LogP contribution in [0.1, 0.15) is 27.2 Å². The molecule has 0 bridgehead atoms. The lowest BCUT2D eigenvalue weighted by atomic mass is 9.75. The van der Waals surface area contributed by atoms with Gasteiger partial charge in [0.05, 0.1) is 5.60 Å². The predicted octanol–water partition coefficient (Wildman–Crippen LogP) is 1.52. The summed E-state index contributed by atoms with van der Waals surface area (Å²) >= 11 is 0. The predicted molar refractivity (Wildman–Crippen MR) is 59.9 cm³/mol. The van der Waals surface area contributed by atoms with Crippen molar-refractivity contribution in [3.8, 4) is 0 Å². The first-order chi connectivity index (χ1) is 7.48. The Morgan fingerprint density at radius 2 is 2.31 bits per heavy atom. The standard InChI is InChI=1S/C11H15BFNO2/c1-8-6-11(2,3)16-12(15-8)9-7-14-5-4-10(9)13/h4-5,7-8H,6H2,1-3H3. The third-order valence-corrected chi connectivity index (χ3v) is 2.61. The van der Waals surface area contributed by atoms with E-state index in [0.29, 0.717) is 5.46 Å². The van der Waals surface area contributed by atoms with Crippen LogP contribution in [0.25, 0.3) is 0 Å². The van der Waals surface area contributed by atoms with E-state index in [1.165, 1.54) is 18.5 Å². The van der Waals surface area contributed by atoms with Gasteiger partial charge in [0.2, 0.25) is 0 Å². The Labute approximate surface area is 95.1 Å². The summed E-state index contributed by atoms with van der Waals surface area (Å²) in [4.78, 5) is 3.89. The lowest BCUT2D eigenvalue weighted by Gasteiger charge is -2.38. The van der Waals surface area contributed by atoms with Crippen LogP contribution in [0.2, 0.25) is 0 Å². The van der Waals surface area contributed by atoms with Gasteiger partial charge in [0.15, 0.2) is 0 Å². The number of halogens is 1. The molecule has 1 aliphatic heterocycles. The maximum atomic E-state index is 13.6. The van der Waals surface area contributed by atoms with Crippen molar-refractivity contribution in [2.75, 3.05) is 0 Å². The summed E-state index contributed by atoms with van der Waals surface area (Å²) in [5.74, 6) is -0.343. The van der Waals surface area contributed by atoms with E-state index in [1.54, 1.807) is 0 Å². The average molecular weight is 223 g/mol. The van der Waals surface area contributed by atoms with Crippen LogP contribution in [0.15, 0.2) is 18.5 Å². The fourth-order valence-electron chi connectivity index (χ4n) is 2.02. The van der Waals surface area contributed by atoms with E-state index in [-0.39, 0.29) is 17.5 Å². The minimum atomic E-state index is -0.660. The highest BCUT2D eigenvalue weighted by Gasteiger charge is 2.39. The number of nitrogens with zero attached hydrogens (tertiary/aromatic N) is 1. The van der Waals surface area contributed by atoms with E-state index >= 15 is 0 Å². The van der Waals surface area contributed by atoms with Gasteiger partial charge in [-0.1, -0.05) is 0 Å². The smallest absolute Gasteiger partial charge is 0.405 e. The zero-order chi connectivity index (χ0) is 11.8. The molecule has 1 aromatic heterocycles. The van der Waals surface area contributed by atoms with Crippen LogP contribution in [0.3, 0.4) is 0 Å². The Kier molecular flexibility index (Phi) is 2.99. The Morgan fingerprint density at radius 3 is 2.94 bits per heavy atom. The summed E-state index contributed by atoms with van der Waals surface area (Å²) in [5, 5.41) is 0. The van der Waals surface area contributed by atoms with Crippen molar-refractivity contribution in [3.63, 3.8) is 0 Å². The summed E-state index contributed by atoms with van der Waals surface area (Å²) in [5.41, 5.74) is 0.0621. The van der Waals surface area contributed by atoms with E-state index in [9.17, 15) is 4.39 Å². The molecule has 86 valence electrons. The largest absolute Gasteiger partial charge is 0.499 e. The molecule has 0 saturated carbocycles. The zero-order valence-electron chi connectivity index (χ0n) is 9.74.